The summed E-state index contributed by atoms with van der Waals surface area (Å²) in [6, 6.07) is 12.9. The van der Waals surface area contributed by atoms with Gasteiger partial charge in [-0.05, 0) is 42.4 Å². The Hall–Kier alpha value is -3.06. The van der Waals surface area contributed by atoms with Gasteiger partial charge < -0.3 is 20.7 Å². The van der Waals surface area contributed by atoms with E-state index >= 15 is 0 Å². The molecule has 2 aromatic rings. The normalized spacial score (nSPS) is 10.5. The number of urea groups is 1. The molecule has 2 aromatic carbocycles. The molecule has 0 aliphatic carbocycles. The van der Waals surface area contributed by atoms with Crippen LogP contribution in [0.1, 0.15) is 31.9 Å². The summed E-state index contributed by atoms with van der Waals surface area (Å²) in [6.45, 7) is 9.11. The molecule has 0 aromatic heterocycles. The second kappa shape index (κ2) is 11.1. The molecule has 0 heterocycles. The number of rotatable bonds is 9. The smallest absolute Gasteiger partial charge is 0.319 e. The summed E-state index contributed by atoms with van der Waals surface area (Å²) in [4.78, 5) is 25.9. The largest absolute Gasteiger partial charge is 0.495 e. The molecule has 0 unspecified atom stereocenters. The lowest BCUT2D eigenvalue weighted by Crippen LogP contribution is -2.28. The molecule has 0 bridgehead atoms. The number of methoxy groups -OCH3 is 1. The first-order valence-corrected chi connectivity index (χ1v) is 9.75. The summed E-state index contributed by atoms with van der Waals surface area (Å²) >= 11 is 0. The Kier molecular flexibility index (Phi) is 8.48. The molecule has 3 amide bonds. The monoisotopic (exact) mass is 398 g/mol. The van der Waals surface area contributed by atoms with E-state index < -0.39 is 0 Å². The molecule has 0 saturated heterocycles. The lowest BCUT2D eigenvalue weighted by Gasteiger charge is -2.18. The number of amides is 3. The molecule has 7 nitrogen and oxygen atoms in total. The van der Waals surface area contributed by atoms with Gasteiger partial charge in [-0.1, -0.05) is 38.1 Å². The number of nitrogens with zero attached hydrogens (tertiary/aromatic N) is 1. The Balaban J connectivity index is 1.93. The van der Waals surface area contributed by atoms with Crippen LogP contribution in [0, 0.1) is 0 Å². The minimum absolute atomic E-state index is 0.185. The SMILES string of the molecule is CCN(CC)Cc1ccc(CNC(=O)Nc2cc(NC(C)=O)ccc2OC)cc1. The number of hydrogen-bond acceptors (Lipinski definition) is 4. The second-order valence-corrected chi connectivity index (χ2v) is 6.68. The van der Waals surface area contributed by atoms with Crippen LogP contribution < -0.4 is 20.7 Å². The molecule has 0 radical (unpaired) electrons. The Morgan fingerprint density at radius 3 is 2.21 bits per heavy atom. The Morgan fingerprint density at radius 1 is 0.966 bits per heavy atom. The van der Waals surface area contributed by atoms with Crippen molar-refractivity contribution in [2.75, 3.05) is 30.8 Å². The van der Waals surface area contributed by atoms with Crippen LogP contribution in [0.5, 0.6) is 5.75 Å². The summed E-state index contributed by atoms with van der Waals surface area (Å²) < 4.78 is 5.27. The molecule has 7 heteroatoms. The summed E-state index contributed by atoms with van der Waals surface area (Å²) in [5.74, 6) is 0.324. The molecule has 0 aliphatic rings. The number of anilines is 2. The zero-order valence-corrected chi connectivity index (χ0v) is 17.5. The van der Waals surface area contributed by atoms with Crippen LogP contribution in [0.3, 0.4) is 0 Å². The molecule has 156 valence electrons. The third-order valence-electron chi connectivity index (χ3n) is 4.54. The highest BCUT2D eigenvalue weighted by Gasteiger charge is 2.09. The van der Waals surface area contributed by atoms with E-state index in [0.717, 1.165) is 25.2 Å². The fourth-order valence-corrected chi connectivity index (χ4v) is 2.90. The van der Waals surface area contributed by atoms with Crippen molar-refractivity contribution < 1.29 is 14.3 Å². The molecule has 0 saturated carbocycles. The van der Waals surface area contributed by atoms with E-state index in [1.54, 1.807) is 18.2 Å². The predicted molar refractivity (Wildman–Crippen MR) is 116 cm³/mol. The van der Waals surface area contributed by atoms with E-state index in [-0.39, 0.29) is 11.9 Å². The molecular formula is C22H30N4O3. The number of nitrogens with one attached hydrogen (secondary N) is 3. The first kappa shape index (κ1) is 22.2. The predicted octanol–water partition coefficient (Wildman–Crippen LogP) is 3.82. The average Bonchev–Trinajstić information content (AvgIpc) is 2.71. The van der Waals surface area contributed by atoms with Gasteiger partial charge in [-0.2, -0.15) is 0 Å². The summed E-state index contributed by atoms with van der Waals surface area (Å²) in [6.07, 6.45) is 0. The topological polar surface area (TPSA) is 82.7 Å². The summed E-state index contributed by atoms with van der Waals surface area (Å²) in [7, 11) is 1.52. The van der Waals surface area contributed by atoms with Gasteiger partial charge >= 0.3 is 6.03 Å². The third kappa shape index (κ3) is 7.12. The average molecular weight is 399 g/mol. The van der Waals surface area contributed by atoms with Gasteiger partial charge in [0, 0.05) is 25.7 Å². The fraction of sp³-hybridized carbons (Fsp3) is 0.364. The quantitative estimate of drug-likeness (QED) is 0.600. The Morgan fingerprint density at radius 2 is 1.62 bits per heavy atom. The number of benzene rings is 2. The minimum atomic E-state index is -0.351. The third-order valence-corrected chi connectivity index (χ3v) is 4.54. The number of ether oxygens (including phenoxy) is 1. The Bertz CT molecular complexity index is 817. The first-order valence-electron chi connectivity index (χ1n) is 9.75. The van der Waals surface area contributed by atoms with Gasteiger partial charge in [0.1, 0.15) is 5.75 Å². The van der Waals surface area contributed by atoms with Crippen LogP contribution in [0.15, 0.2) is 42.5 Å². The van der Waals surface area contributed by atoms with Gasteiger partial charge in [0.05, 0.1) is 12.8 Å². The molecule has 2 rings (SSSR count). The molecule has 3 N–H and O–H groups in total. The second-order valence-electron chi connectivity index (χ2n) is 6.68. The van der Waals surface area contributed by atoms with Crippen molar-refractivity contribution in [2.24, 2.45) is 0 Å². The Labute approximate surface area is 172 Å². The van der Waals surface area contributed by atoms with Gasteiger partial charge in [-0.25, -0.2) is 4.79 Å². The summed E-state index contributed by atoms with van der Waals surface area (Å²) in [5.41, 5.74) is 3.33. The van der Waals surface area contributed by atoms with Gasteiger partial charge in [-0.3, -0.25) is 9.69 Å². The molecule has 0 spiro atoms. The fourth-order valence-electron chi connectivity index (χ4n) is 2.90. The lowest BCUT2D eigenvalue weighted by molar-refractivity contribution is -0.114. The van der Waals surface area contributed by atoms with Gasteiger partial charge in [0.25, 0.3) is 0 Å². The zero-order valence-electron chi connectivity index (χ0n) is 17.5. The van der Waals surface area contributed by atoms with Crippen molar-refractivity contribution in [1.29, 1.82) is 0 Å². The van der Waals surface area contributed by atoms with Crippen LogP contribution in [0.4, 0.5) is 16.2 Å². The maximum atomic E-state index is 12.3. The van der Waals surface area contributed by atoms with Crippen molar-refractivity contribution in [2.45, 2.75) is 33.9 Å². The lowest BCUT2D eigenvalue weighted by atomic mass is 10.1. The molecule has 0 aliphatic heterocycles. The van der Waals surface area contributed by atoms with Crippen molar-refractivity contribution in [3.8, 4) is 5.75 Å². The van der Waals surface area contributed by atoms with Crippen molar-refractivity contribution in [3.63, 3.8) is 0 Å². The van der Waals surface area contributed by atoms with E-state index in [1.165, 1.54) is 19.6 Å². The standard InChI is InChI=1S/C22H30N4O3/c1-5-26(6-2)15-18-9-7-17(8-10-18)14-23-22(28)25-20-13-19(24-16(3)27)11-12-21(20)29-4/h7-13H,5-6,14-15H2,1-4H3,(H,24,27)(H2,23,25,28). The highest BCUT2D eigenvalue weighted by Crippen LogP contribution is 2.27. The van der Waals surface area contributed by atoms with Crippen LogP contribution in [0.2, 0.25) is 0 Å². The van der Waals surface area contributed by atoms with Crippen molar-refractivity contribution in [1.82, 2.24) is 10.2 Å². The van der Waals surface area contributed by atoms with Crippen LogP contribution >= 0.6 is 0 Å². The van der Waals surface area contributed by atoms with Crippen molar-refractivity contribution in [3.05, 3.63) is 53.6 Å². The first-order chi connectivity index (χ1) is 13.9. The number of carbonyl (C=O) groups is 2. The molecule has 0 fully saturated rings. The van der Waals surface area contributed by atoms with E-state index in [1.807, 2.05) is 12.1 Å². The van der Waals surface area contributed by atoms with Gasteiger partial charge in [0.2, 0.25) is 5.91 Å². The van der Waals surface area contributed by atoms with Gasteiger partial charge in [0.15, 0.2) is 0 Å². The molecule has 29 heavy (non-hydrogen) atoms. The molecular weight excluding hydrogens is 368 g/mol. The summed E-state index contributed by atoms with van der Waals surface area (Å²) in [5, 5.41) is 8.29. The maximum absolute atomic E-state index is 12.3. The number of carbonyl (C=O) groups excluding carboxylic acids is 2. The van der Waals surface area contributed by atoms with Crippen molar-refractivity contribution >= 4 is 23.3 Å². The van der Waals surface area contributed by atoms with E-state index in [4.69, 9.17) is 4.74 Å². The highest BCUT2D eigenvalue weighted by molar-refractivity contribution is 5.94. The van der Waals surface area contributed by atoms with Crippen LogP contribution in [-0.2, 0) is 17.9 Å². The maximum Gasteiger partial charge on any atom is 0.319 e. The zero-order chi connectivity index (χ0) is 21.2. The highest BCUT2D eigenvalue weighted by atomic mass is 16.5. The molecule has 0 atom stereocenters. The van der Waals surface area contributed by atoms with E-state index in [0.29, 0.717) is 23.7 Å². The van der Waals surface area contributed by atoms with Crippen LogP contribution in [0.25, 0.3) is 0 Å². The number of hydrogen-bond donors (Lipinski definition) is 3. The van der Waals surface area contributed by atoms with E-state index in [9.17, 15) is 9.59 Å². The minimum Gasteiger partial charge on any atom is -0.495 e. The van der Waals surface area contributed by atoms with Crippen LogP contribution in [-0.4, -0.2) is 37.0 Å². The van der Waals surface area contributed by atoms with Gasteiger partial charge in [-0.15, -0.1) is 0 Å². The van der Waals surface area contributed by atoms with E-state index in [2.05, 4.69) is 46.8 Å².